The van der Waals surface area contributed by atoms with E-state index in [2.05, 4.69) is 15.9 Å². The minimum atomic E-state index is 0.826. The maximum atomic E-state index is 5.30. The number of halogens is 1. The quantitative estimate of drug-likeness (QED) is 0.813. The maximum Gasteiger partial charge on any atom is 0.134 e. The van der Waals surface area contributed by atoms with Crippen LogP contribution in [0.1, 0.15) is 0 Å². The first kappa shape index (κ1) is 9.34. The van der Waals surface area contributed by atoms with Gasteiger partial charge in [0.2, 0.25) is 0 Å². The fourth-order valence-corrected chi connectivity index (χ4v) is 1.81. The number of rotatable bonds is 2. The molecule has 0 radical (unpaired) electrons. The molecule has 0 unspecified atom stereocenters. The molecule has 2 rings (SSSR count). The molecule has 0 atom stereocenters. The van der Waals surface area contributed by atoms with E-state index in [9.17, 15) is 0 Å². The summed E-state index contributed by atoms with van der Waals surface area (Å²) < 4.78 is 11.4. The molecule has 0 saturated carbocycles. The lowest BCUT2D eigenvalue weighted by molar-refractivity contribution is 0.414. The molecule has 1 aromatic heterocycles. The highest BCUT2D eigenvalue weighted by molar-refractivity contribution is 9.10. The van der Waals surface area contributed by atoms with Gasteiger partial charge in [-0.25, -0.2) is 0 Å². The maximum absolute atomic E-state index is 5.30. The molecule has 3 heteroatoms. The van der Waals surface area contributed by atoms with Gasteiger partial charge >= 0.3 is 0 Å². The predicted molar refractivity (Wildman–Crippen MR) is 58.4 cm³/mol. The molecule has 0 spiro atoms. The standard InChI is InChI=1S/C11H9BrO2/c1-13-8-4-5-9(10(12)7-8)11-3-2-6-14-11/h2-7H,1H3. The van der Waals surface area contributed by atoms with Crippen LogP contribution in [0.15, 0.2) is 45.5 Å². The summed E-state index contributed by atoms with van der Waals surface area (Å²) in [6.07, 6.45) is 1.66. The Morgan fingerprint density at radius 1 is 1.29 bits per heavy atom. The van der Waals surface area contributed by atoms with Crippen LogP contribution < -0.4 is 4.74 Å². The van der Waals surface area contributed by atoms with Gasteiger partial charge in [-0.3, -0.25) is 0 Å². The molecule has 72 valence electrons. The lowest BCUT2D eigenvalue weighted by Gasteiger charge is -2.03. The molecule has 14 heavy (non-hydrogen) atoms. The lowest BCUT2D eigenvalue weighted by atomic mass is 10.2. The Hall–Kier alpha value is -1.22. The van der Waals surface area contributed by atoms with Crippen LogP contribution in [0.2, 0.25) is 0 Å². The highest BCUT2D eigenvalue weighted by Crippen LogP contribution is 2.31. The molecule has 0 aliphatic rings. The van der Waals surface area contributed by atoms with Gasteiger partial charge in [0, 0.05) is 10.0 Å². The van der Waals surface area contributed by atoms with Crippen molar-refractivity contribution in [3.05, 3.63) is 41.1 Å². The zero-order valence-electron chi connectivity index (χ0n) is 7.66. The largest absolute Gasteiger partial charge is 0.497 e. The van der Waals surface area contributed by atoms with Crippen LogP contribution in [-0.2, 0) is 0 Å². The molecule has 0 aliphatic heterocycles. The monoisotopic (exact) mass is 252 g/mol. The van der Waals surface area contributed by atoms with Crippen molar-refractivity contribution in [3.63, 3.8) is 0 Å². The molecular formula is C11H9BrO2. The van der Waals surface area contributed by atoms with E-state index in [1.165, 1.54) is 0 Å². The van der Waals surface area contributed by atoms with E-state index < -0.39 is 0 Å². The summed E-state index contributed by atoms with van der Waals surface area (Å²) in [4.78, 5) is 0. The Balaban J connectivity index is 2.46. The van der Waals surface area contributed by atoms with Gasteiger partial charge in [0.25, 0.3) is 0 Å². The topological polar surface area (TPSA) is 22.4 Å². The Labute approximate surface area is 90.6 Å². The predicted octanol–water partition coefficient (Wildman–Crippen LogP) is 3.72. The number of methoxy groups -OCH3 is 1. The molecule has 1 aromatic carbocycles. The number of furan rings is 1. The summed E-state index contributed by atoms with van der Waals surface area (Å²) in [5.41, 5.74) is 1.02. The summed E-state index contributed by atoms with van der Waals surface area (Å²) in [6, 6.07) is 9.57. The Bertz CT molecular complexity index is 421. The Morgan fingerprint density at radius 2 is 2.14 bits per heavy atom. The average Bonchev–Trinajstić information content (AvgIpc) is 2.70. The van der Waals surface area contributed by atoms with Crippen molar-refractivity contribution in [1.82, 2.24) is 0 Å². The van der Waals surface area contributed by atoms with Crippen molar-refractivity contribution in [1.29, 1.82) is 0 Å². The normalized spacial score (nSPS) is 10.1. The third-order valence-corrected chi connectivity index (χ3v) is 2.62. The van der Waals surface area contributed by atoms with Gasteiger partial charge in [-0.05, 0) is 46.3 Å². The van der Waals surface area contributed by atoms with Crippen LogP contribution in [0, 0.1) is 0 Å². The highest BCUT2D eigenvalue weighted by atomic mass is 79.9. The van der Waals surface area contributed by atoms with Crippen molar-refractivity contribution < 1.29 is 9.15 Å². The van der Waals surface area contributed by atoms with Crippen molar-refractivity contribution in [2.75, 3.05) is 7.11 Å². The van der Waals surface area contributed by atoms with E-state index in [4.69, 9.17) is 9.15 Å². The summed E-state index contributed by atoms with van der Waals surface area (Å²) in [7, 11) is 1.65. The van der Waals surface area contributed by atoms with Crippen LogP contribution in [0.4, 0.5) is 0 Å². The van der Waals surface area contributed by atoms with Crippen LogP contribution in [0.3, 0.4) is 0 Å². The Kier molecular flexibility index (Phi) is 2.59. The second kappa shape index (κ2) is 3.88. The zero-order valence-corrected chi connectivity index (χ0v) is 9.24. The fraction of sp³-hybridized carbons (Fsp3) is 0.0909. The van der Waals surface area contributed by atoms with Crippen LogP contribution >= 0.6 is 15.9 Å². The molecule has 0 saturated heterocycles. The third kappa shape index (κ3) is 1.68. The van der Waals surface area contributed by atoms with Crippen molar-refractivity contribution >= 4 is 15.9 Å². The molecular weight excluding hydrogens is 244 g/mol. The molecule has 0 aliphatic carbocycles. The highest BCUT2D eigenvalue weighted by Gasteiger charge is 2.06. The summed E-state index contributed by atoms with van der Waals surface area (Å²) in [5, 5.41) is 0. The van der Waals surface area contributed by atoms with Crippen LogP contribution in [0.5, 0.6) is 5.75 Å². The van der Waals surface area contributed by atoms with Gasteiger partial charge in [0.15, 0.2) is 0 Å². The van der Waals surface area contributed by atoms with E-state index in [-0.39, 0.29) is 0 Å². The minimum absolute atomic E-state index is 0.826. The number of hydrogen-bond donors (Lipinski definition) is 0. The average molecular weight is 253 g/mol. The van der Waals surface area contributed by atoms with E-state index in [0.717, 1.165) is 21.5 Å². The zero-order chi connectivity index (χ0) is 9.97. The van der Waals surface area contributed by atoms with Gasteiger partial charge in [-0.1, -0.05) is 0 Å². The first-order valence-electron chi connectivity index (χ1n) is 4.18. The lowest BCUT2D eigenvalue weighted by Crippen LogP contribution is -1.83. The fourth-order valence-electron chi connectivity index (χ4n) is 1.25. The van der Waals surface area contributed by atoms with Gasteiger partial charge in [0.1, 0.15) is 11.5 Å². The summed E-state index contributed by atoms with van der Waals surface area (Å²) >= 11 is 3.47. The van der Waals surface area contributed by atoms with Gasteiger partial charge in [-0.2, -0.15) is 0 Å². The van der Waals surface area contributed by atoms with Crippen molar-refractivity contribution in [2.24, 2.45) is 0 Å². The SMILES string of the molecule is COc1ccc(-c2ccco2)c(Br)c1. The van der Waals surface area contributed by atoms with E-state index >= 15 is 0 Å². The van der Waals surface area contributed by atoms with E-state index in [0.29, 0.717) is 0 Å². The van der Waals surface area contributed by atoms with Gasteiger partial charge in [0.05, 0.1) is 13.4 Å². The molecule has 0 fully saturated rings. The minimum Gasteiger partial charge on any atom is -0.497 e. The molecule has 0 N–H and O–H groups in total. The van der Waals surface area contributed by atoms with Crippen molar-refractivity contribution in [2.45, 2.75) is 0 Å². The second-order valence-corrected chi connectivity index (χ2v) is 3.68. The number of hydrogen-bond acceptors (Lipinski definition) is 2. The van der Waals surface area contributed by atoms with Crippen molar-refractivity contribution in [3.8, 4) is 17.1 Å². The first-order chi connectivity index (χ1) is 6.81. The molecule has 2 aromatic rings. The Morgan fingerprint density at radius 3 is 2.71 bits per heavy atom. The third-order valence-electron chi connectivity index (χ3n) is 1.96. The summed E-state index contributed by atoms with van der Waals surface area (Å²) in [5.74, 6) is 1.67. The van der Waals surface area contributed by atoms with E-state index in [1.807, 2.05) is 30.3 Å². The van der Waals surface area contributed by atoms with Crippen LogP contribution in [0.25, 0.3) is 11.3 Å². The smallest absolute Gasteiger partial charge is 0.134 e. The van der Waals surface area contributed by atoms with Gasteiger partial charge in [-0.15, -0.1) is 0 Å². The first-order valence-corrected chi connectivity index (χ1v) is 4.98. The molecule has 0 bridgehead atoms. The summed E-state index contributed by atoms with van der Waals surface area (Å²) in [6.45, 7) is 0. The number of benzene rings is 1. The number of ether oxygens (including phenoxy) is 1. The van der Waals surface area contributed by atoms with E-state index in [1.54, 1.807) is 13.4 Å². The molecule has 2 nitrogen and oxygen atoms in total. The molecule has 0 amide bonds. The van der Waals surface area contributed by atoms with Crippen LogP contribution in [-0.4, -0.2) is 7.11 Å². The second-order valence-electron chi connectivity index (χ2n) is 2.82. The molecule has 1 heterocycles. The van der Waals surface area contributed by atoms with Gasteiger partial charge < -0.3 is 9.15 Å².